The number of aromatic nitrogens is 1. The van der Waals surface area contributed by atoms with Crippen LogP contribution in [-0.2, 0) is 10.5 Å². The fraction of sp³-hybridized carbons (Fsp3) is 0.200. The summed E-state index contributed by atoms with van der Waals surface area (Å²) in [5, 5.41) is 35.5. The number of anilines is 2. The van der Waals surface area contributed by atoms with Gasteiger partial charge in [0.1, 0.15) is 28.5 Å². The summed E-state index contributed by atoms with van der Waals surface area (Å²) in [6.45, 7) is 1.88. The molecule has 0 saturated heterocycles. The van der Waals surface area contributed by atoms with Crippen molar-refractivity contribution in [3.05, 3.63) is 71.3 Å². The molecule has 0 unspecified atom stereocenters. The van der Waals surface area contributed by atoms with Crippen LogP contribution in [0.3, 0.4) is 0 Å². The van der Waals surface area contributed by atoms with Crippen LogP contribution in [0.25, 0.3) is 11.1 Å². The van der Waals surface area contributed by atoms with Gasteiger partial charge in [-0.2, -0.15) is 10.5 Å². The van der Waals surface area contributed by atoms with Gasteiger partial charge in [-0.3, -0.25) is 4.79 Å². The van der Waals surface area contributed by atoms with Crippen LogP contribution in [0.15, 0.2) is 59.6 Å². The van der Waals surface area contributed by atoms with Crippen molar-refractivity contribution in [3.8, 4) is 23.3 Å². The van der Waals surface area contributed by atoms with E-state index in [1.54, 1.807) is 24.3 Å². The summed E-state index contributed by atoms with van der Waals surface area (Å²) >= 11 is 1.43. The molecule has 1 heterocycles. The zero-order valence-corrected chi connectivity index (χ0v) is 18.9. The van der Waals surface area contributed by atoms with E-state index in [1.807, 2.05) is 30.3 Å². The van der Waals surface area contributed by atoms with Crippen LogP contribution in [0.5, 0.6) is 0 Å². The van der Waals surface area contributed by atoms with Gasteiger partial charge in [-0.15, -0.1) is 11.8 Å². The minimum atomic E-state index is -0.183. The second-order valence-corrected chi connectivity index (χ2v) is 8.11. The van der Waals surface area contributed by atoms with Crippen molar-refractivity contribution >= 4 is 29.2 Å². The average Bonchev–Trinajstić information content (AvgIpc) is 2.83. The Bertz CT molecular complexity index is 1200. The SMILES string of the molecule is CC(=O)Nc1ccc(-c2c(C#N)c(NCCCO)nc(SCc3ccccc3)c2C#N)cc1. The molecule has 0 bridgehead atoms. The summed E-state index contributed by atoms with van der Waals surface area (Å²) in [5.41, 5.74) is 3.47. The lowest BCUT2D eigenvalue weighted by Crippen LogP contribution is -2.10. The molecule has 0 aliphatic carbocycles. The first-order valence-corrected chi connectivity index (χ1v) is 11.3. The van der Waals surface area contributed by atoms with Crippen LogP contribution in [-0.4, -0.2) is 29.1 Å². The molecule has 0 aliphatic rings. The number of thioether (sulfide) groups is 1. The topological polar surface area (TPSA) is 122 Å². The van der Waals surface area contributed by atoms with Crippen molar-refractivity contribution in [2.24, 2.45) is 0 Å². The second-order valence-electron chi connectivity index (χ2n) is 7.15. The molecule has 3 N–H and O–H groups in total. The Balaban J connectivity index is 2.09. The maximum absolute atomic E-state index is 11.3. The second kappa shape index (κ2) is 11.7. The first kappa shape index (κ1) is 23.8. The highest BCUT2D eigenvalue weighted by atomic mass is 32.2. The monoisotopic (exact) mass is 457 g/mol. The predicted molar refractivity (Wildman–Crippen MR) is 130 cm³/mol. The Morgan fingerprint density at radius 1 is 1.06 bits per heavy atom. The predicted octanol–water partition coefficient (Wildman–Crippen LogP) is 4.54. The van der Waals surface area contributed by atoms with Gasteiger partial charge in [0.2, 0.25) is 5.91 Å². The molecule has 8 heteroatoms. The molecular formula is C25H23N5O2S. The highest BCUT2D eigenvalue weighted by molar-refractivity contribution is 7.98. The van der Waals surface area contributed by atoms with Crippen LogP contribution in [0.4, 0.5) is 11.5 Å². The highest BCUT2D eigenvalue weighted by Crippen LogP contribution is 2.37. The van der Waals surface area contributed by atoms with Crippen LogP contribution in [0, 0.1) is 22.7 Å². The number of aliphatic hydroxyl groups is 1. The summed E-state index contributed by atoms with van der Waals surface area (Å²) in [7, 11) is 0. The largest absolute Gasteiger partial charge is 0.396 e. The Hall–Kier alpha value is -3.85. The standard InChI is InChI=1S/C25H23N5O2S/c1-17(32)29-20-10-8-19(9-11-20)23-21(14-26)24(28-12-5-13-31)30-25(22(23)15-27)33-16-18-6-3-2-4-7-18/h2-4,6-11,31H,5,12-13,16H2,1H3,(H,28,30)(H,29,32). The zero-order valence-electron chi connectivity index (χ0n) is 18.1. The van der Waals surface area contributed by atoms with E-state index >= 15 is 0 Å². The normalized spacial score (nSPS) is 10.2. The molecule has 0 spiro atoms. The van der Waals surface area contributed by atoms with Crippen molar-refractivity contribution in [1.82, 2.24) is 4.98 Å². The summed E-state index contributed by atoms with van der Waals surface area (Å²) in [6.07, 6.45) is 0.500. The molecule has 3 rings (SSSR count). The third kappa shape index (κ3) is 6.11. The van der Waals surface area contributed by atoms with Crippen molar-refractivity contribution in [1.29, 1.82) is 10.5 Å². The number of carbonyl (C=O) groups excluding carboxylic acids is 1. The molecule has 33 heavy (non-hydrogen) atoms. The zero-order chi connectivity index (χ0) is 23.6. The van der Waals surface area contributed by atoms with Gasteiger partial charge in [0.15, 0.2) is 0 Å². The van der Waals surface area contributed by atoms with E-state index in [2.05, 4.69) is 27.8 Å². The lowest BCUT2D eigenvalue weighted by atomic mass is 9.96. The molecule has 0 aliphatic heterocycles. The van der Waals surface area contributed by atoms with E-state index in [-0.39, 0.29) is 18.1 Å². The number of amides is 1. The maximum atomic E-state index is 11.3. The minimum absolute atomic E-state index is 0.0122. The maximum Gasteiger partial charge on any atom is 0.221 e. The number of hydrogen-bond donors (Lipinski definition) is 3. The lowest BCUT2D eigenvalue weighted by Gasteiger charge is -2.16. The molecule has 2 aromatic carbocycles. The summed E-state index contributed by atoms with van der Waals surface area (Å²) in [5.74, 6) is 0.810. The molecule has 0 saturated carbocycles. The fourth-order valence-corrected chi connectivity index (χ4v) is 4.18. The summed E-state index contributed by atoms with van der Waals surface area (Å²) in [6, 6.07) is 21.3. The Kier molecular flexibility index (Phi) is 8.43. The first-order valence-electron chi connectivity index (χ1n) is 10.3. The summed E-state index contributed by atoms with van der Waals surface area (Å²) < 4.78 is 0. The van der Waals surface area contributed by atoms with Gasteiger partial charge in [-0.05, 0) is 29.7 Å². The van der Waals surface area contributed by atoms with Gasteiger partial charge in [-0.1, -0.05) is 42.5 Å². The van der Waals surface area contributed by atoms with E-state index in [0.717, 1.165) is 5.56 Å². The van der Waals surface area contributed by atoms with Crippen molar-refractivity contribution < 1.29 is 9.90 Å². The molecule has 1 aromatic heterocycles. The molecular weight excluding hydrogens is 434 g/mol. The quantitative estimate of drug-likeness (QED) is 0.318. The van der Waals surface area contributed by atoms with Crippen LogP contribution < -0.4 is 10.6 Å². The van der Waals surface area contributed by atoms with Gasteiger partial charge in [-0.25, -0.2) is 4.98 Å². The fourth-order valence-electron chi connectivity index (χ4n) is 3.23. The van der Waals surface area contributed by atoms with Crippen LogP contribution >= 0.6 is 11.8 Å². The smallest absolute Gasteiger partial charge is 0.221 e. The minimum Gasteiger partial charge on any atom is -0.396 e. The van der Waals surface area contributed by atoms with E-state index in [9.17, 15) is 15.3 Å². The lowest BCUT2D eigenvalue weighted by molar-refractivity contribution is -0.114. The van der Waals surface area contributed by atoms with Crippen molar-refractivity contribution in [2.45, 2.75) is 24.1 Å². The average molecular weight is 458 g/mol. The van der Waals surface area contributed by atoms with E-state index in [0.29, 0.717) is 51.9 Å². The molecule has 0 radical (unpaired) electrons. The van der Waals surface area contributed by atoms with Crippen molar-refractivity contribution in [3.63, 3.8) is 0 Å². The molecule has 166 valence electrons. The molecule has 7 nitrogen and oxygen atoms in total. The van der Waals surface area contributed by atoms with Crippen molar-refractivity contribution in [2.75, 3.05) is 23.8 Å². The van der Waals surface area contributed by atoms with Gasteiger partial charge in [0, 0.05) is 37.1 Å². The van der Waals surface area contributed by atoms with Crippen LogP contribution in [0.2, 0.25) is 0 Å². The Morgan fingerprint density at radius 3 is 2.36 bits per heavy atom. The summed E-state index contributed by atoms with van der Waals surface area (Å²) in [4.78, 5) is 16.0. The molecule has 3 aromatic rings. The first-order chi connectivity index (χ1) is 16.1. The number of aliphatic hydroxyl groups excluding tert-OH is 1. The number of carbonyl (C=O) groups is 1. The van der Waals surface area contributed by atoms with E-state index < -0.39 is 0 Å². The number of hydrogen-bond acceptors (Lipinski definition) is 7. The third-order valence-corrected chi connectivity index (χ3v) is 5.77. The number of nitrogens with one attached hydrogen (secondary N) is 2. The molecule has 0 fully saturated rings. The van der Waals surface area contributed by atoms with Gasteiger partial charge in [0.05, 0.1) is 5.56 Å². The molecule has 0 atom stereocenters. The van der Waals surface area contributed by atoms with E-state index in [4.69, 9.17) is 5.11 Å². The number of benzene rings is 2. The highest BCUT2D eigenvalue weighted by Gasteiger charge is 2.22. The number of nitriles is 2. The van der Waals surface area contributed by atoms with Gasteiger partial charge < -0.3 is 15.7 Å². The number of pyridine rings is 1. The number of rotatable bonds is 9. The number of nitrogens with zero attached hydrogens (tertiary/aromatic N) is 3. The van der Waals surface area contributed by atoms with Gasteiger partial charge in [0.25, 0.3) is 0 Å². The van der Waals surface area contributed by atoms with Crippen LogP contribution in [0.1, 0.15) is 30.0 Å². The third-order valence-electron chi connectivity index (χ3n) is 4.73. The van der Waals surface area contributed by atoms with Gasteiger partial charge >= 0.3 is 0 Å². The Labute approximate surface area is 197 Å². The Morgan fingerprint density at radius 2 is 1.76 bits per heavy atom. The van der Waals surface area contributed by atoms with E-state index in [1.165, 1.54) is 18.7 Å². The molecule has 1 amide bonds.